The molecule has 0 spiro atoms. The summed E-state index contributed by atoms with van der Waals surface area (Å²) in [5.74, 6) is 1.08. The summed E-state index contributed by atoms with van der Waals surface area (Å²) >= 11 is 1.88. The first-order chi connectivity index (χ1) is 9.78. The van der Waals surface area contributed by atoms with E-state index in [9.17, 15) is 0 Å². The van der Waals surface area contributed by atoms with Gasteiger partial charge in [-0.15, -0.1) is 11.8 Å². The molecule has 0 radical (unpaired) electrons. The number of methoxy groups -OCH3 is 1. The molecular formula is C16H22N2OS. The van der Waals surface area contributed by atoms with Crippen molar-refractivity contribution < 1.29 is 4.74 Å². The fourth-order valence-corrected chi connectivity index (χ4v) is 3.26. The molecule has 1 aromatic carbocycles. The van der Waals surface area contributed by atoms with Crippen molar-refractivity contribution in [3.05, 3.63) is 29.8 Å². The van der Waals surface area contributed by atoms with Gasteiger partial charge in [-0.3, -0.25) is 0 Å². The zero-order chi connectivity index (χ0) is 14.3. The number of ether oxygens (including phenoxy) is 1. The Morgan fingerprint density at radius 3 is 2.70 bits per heavy atom. The van der Waals surface area contributed by atoms with Gasteiger partial charge < -0.3 is 10.1 Å². The van der Waals surface area contributed by atoms with Crippen LogP contribution in [-0.2, 0) is 11.3 Å². The predicted molar refractivity (Wildman–Crippen MR) is 82.6 cm³/mol. The number of hydrogen-bond acceptors (Lipinski definition) is 4. The Morgan fingerprint density at radius 1 is 1.35 bits per heavy atom. The SMILES string of the molecule is COCCNCc1ccc(SCC2(CC#N)CC2)cc1. The molecule has 0 heterocycles. The lowest BCUT2D eigenvalue weighted by Gasteiger charge is -2.10. The molecule has 0 aliphatic heterocycles. The van der Waals surface area contributed by atoms with E-state index < -0.39 is 0 Å². The van der Waals surface area contributed by atoms with E-state index in [0.717, 1.165) is 25.4 Å². The second kappa shape index (κ2) is 7.68. The van der Waals surface area contributed by atoms with Crippen LogP contribution in [0.4, 0.5) is 0 Å². The summed E-state index contributed by atoms with van der Waals surface area (Å²) in [6, 6.07) is 11.0. The molecule has 0 unspecified atom stereocenters. The summed E-state index contributed by atoms with van der Waals surface area (Å²) < 4.78 is 5.00. The standard InChI is InChI=1S/C16H22N2OS/c1-19-11-10-18-12-14-2-4-15(5-3-14)20-13-16(6-7-16)8-9-17/h2-5,18H,6-8,10-13H2,1H3. The Bertz CT molecular complexity index is 449. The van der Waals surface area contributed by atoms with Crippen LogP contribution in [0.2, 0.25) is 0 Å². The van der Waals surface area contributed by atoms with Gasteiger partial charge in [0.05, 0.1) is 12.7 Å². The van der Waals surface area contributed by atoms with E-state index in [1.807, 2.05) is 11.8 Å². The Labute approximate surface area is 125 Å². The second-order valence-electron chi connectivity index (χ2n) is 5.44. The van der Waals surface area contributed by atoms with Crippen molar-refractivity contribution in [2.75, 3.05) is 26.0 Å². The number of thioether (sulfide) groups is 1. The largest absolute Gasteiger partial charge is 0.383 e. The number of nitrogens with one attached hydrogen (secondary N) is 1. The summed E-state index contributed by atoms with van der Waals surface area (Å²) in [4.78, 5) is 1.30. The molecule has 1 N–H and O–H groups in total. The molecule has 0 bridgehead atoms. The molecule has 108 valence electrons. The van der Waals surface area contributed by atoms with Gasteiger partial charge in [-0.2, -0.15) is 5.26 Å². The normalized spacial score (nSPS) is 15.8. The van der Waals surface area contributed by atoms with Crippen molar-refractivity contribution in [3.63, 3.8) is 0 Å². The first kappa shape index (κ1) is 15.4. The van der Waals surface area contributed by atoms with Crippen LogP contribution in [0.15, 0.2) is 29.2 Å². The van der Waals surface area contributed by atoms with Gasteiger partial charge in [0, 0.05) is 37.3 Å². The number of rotatable bonds is 9. The Morgan fingerprint density at radius 2 is 2.10 bits per heavy atom. The summed E-state index contributed by atoms with van der Waals surface area (Å²) in [6.07, 6.45) is 3.14. The van der Waals surface area contributed by atoms with Crippen LogP contribution >= 0.6 is 11.8 Å². The van der Waals surface area contributed by atoms with Crippen molar-refractivity contribution in [1.29, 1.82) is 5.26 Å². The molecular weight excluding hydrogens is 268 g/mol. The highest BCUT2D eigenvalue weighted by Crippen LogP contribution is 2.51. The Balaban J connectivity index is 1.73. The first-order valence-electron chi connectivity index (χ1n) is 7.06. The third-order valence-electron chi connectivity index (χ3n) is 3.69. The molecule has 3 nitrogen and oxygen atoms in total. The predicted octanol–water partition coefficient (Wildman–Crippen LogP) is 3.21. The number of hydrogen-bond donors (Lipinski definition) is 1. The Hall–Kier alpha value is -1.02. The van der Waals surface area contributed by atoms with Crippen LogP contribution in [0.3, 0.4) is 0 Å². The average Bonchev–Trinajstić information content (AvgIpc) is 3.23. The maximum absolute atomic E-state index is 8.82. The van der Waals surface area contributed by atoms with Gasteiger partial charge in [0.2, 0.25) is 0 Å². The van der Waals surface area contributed by atoms with Gasteiger partial charge in [0.25, 0.3) is 0 Å². The summed E-state index contributed by atoms with van der Waals surface area (Å²) in [5, 5.41) is 12.2. The maximum atomic E-state index is 8.82. The third-order valence-corrected chi connectivity index (χ3v) is 5.05. The van der Waals surface area contributed by atoms with Crippen LogP contribution in [0, 0.1) is 16.7 Å². The molecule has 2 rings (SSSR count). The molecule has 0 amide bonds. The third kappa shape index (κ3) is 4.82. The molecule has 1 aromatic rings. The van der Waals surface area contributed by atoms with Crippen molar-refractivity contribution in [1.82, 2.24) is 5.32 Å². The first-order valence-corrected chi connectivity index (χ1v) is 8.05. The van der Waals surface area contributed by atoms with Gasteiger partial charge >= 0.3 is 0 Å². The van der Waals surface area contributed by atoms with Crippen molar-refractivity contribution in [3.8, 4) is 6.07 Å². The fourth-order valence-electron chi connectivity index (χ4n) is 2.06. The van der Waals surface area contributed by atoms with E-state index in [0.29, 0.717) is 11.8 Å². The van der Waals surface area contributed by atoms with E-state index in [2.05, 4.69) is 35.7 Å². The highest BCUT2D eigenvalue weighted by Gasteiger charge is 2.42. The summed E-state index contributed by atoms with van der Waals surface area (Å²) in [7, 11) is 1.71. The zero-order valence-corrected chi connectivity index (χ0v) is 12.8. The number of nitriles is 1. The number of benzene rings is 1. The van der Waals surface area contributed by atoms with E-state index >= 15 is 0 Å². The van der Waals surface area contributed by atoms with Crippen LogP contribution < -0.4 is 5.32 Å². The highest BCUT2D eigenvalue weighted by atomic mass is 32.2. The lowest BCUT2D eigenvalue weighted by Crippen LogP contribution is -2.18. The molecule has 0 atom stereocenters. The second-order valence-corrected chi connectivity index (χ2v) is 6.49. The van der Waals surface area contributed by atoms with E-state index in [1.165, 1.54) is 23.3 Å². The Kier molecular flexibility index (Phi) is 5.90. The quantitative estimate of drug-likeness (QED) is 0.560. The molecule has 0 aromatic heterocycles. The summed E-state index contributed by atoms with van der Waals surface area (Å²) in [5.41, 5.74) is 1.61. The molecule has 1 fully saturated rings. The van der Waals surface area contributed by atoms with E-state index in [1.54, 1.807) is 7.11 Å². The molecule has 4 heteroatoms. The van der Waals surface area contributed by atoms with Crippen LogP contribution in [0.5, 0.6) is 0 Å². The lowest BCUT2D eigenvalue weighted by atomic mass is 10.1. The maximum Gasteiger partial charge on any atom is 0.0627 e. The van der Waals surface area contributed by atoms with Crippen molar-refractivity contribution in [2.24, 2.45) is 5.41 Å². The number of nitrogens with zero attached hydrogens (tertiary/aromatic N) is 1. The highest BCUT2D eigenvalue weighted by molar-refractivity contribution is 7.99. The van der Waals surface area contributed by atoms with Gasteiger partial charge in [-0.1, -0.05) is 12.1 Å². The minimum absolute atomic E-state index is 0.319. The molecule has 0 saturated heterocycles. The minimum Gasteiger partial charge on any atom is -0.383 e. The van der Waals surface area contributed by atoms with Crippen LogP contribution in [-0.4, -0.2) is 26.0 Å². The van der Waals surface area contributed by atoms with E-state index in [4.69, 9.17) is 10.00 Å². The van der Waals surface area contributed by atoms with Gasteiger partial charge in [0.1, 0.15) is 0 Å². The van der Waals surface area contributed by atoms with Gasteiger partial charge in [-0.05, 0) is 36.0 Å². The minimum atomic E-state index is 0.319. The average molecular weight is 290 g/mol. The molecule has 1 aliphatic rings. The van der Waals surface area contributed by atoms with Crippen LogP contribution in [0.1, 0.15) is 24.8 Å². The molecule has 1 saturated carbocycles. The molecule has 1 aliphatic carbocycles. The van der Waals surface area contributed by atoms with Crippen molar-refractivity contribution in [2.45, 2.75) is 30.7 Å². The van der Waals surface area contributed by atoms with Crippen LogP contribution in [0.25, 0.3) is 0 Å². The lowest BCUT2D eigenvalue weighted by molar-refractivity contribution is 0.199. The van der Waals surface area contributed by atoms with Crippen molar-refractivity contribution >= 4 is 11.8 Å². The monoisotopic (exact) mass is 290 g/mol. The summed E-state index contributed by atoms with van der Waals surface area (Å²) in [6.45, 7) is 2.51. The topological polar surface area (TPSA) is 45.0 Å². The molecule has 20 heavy (non-hydrogen) atoms. The fraction of sp³-hybridized carbons (Fsp3) is 0.562. The van der Waals surface area contributed by atoms with Gasteiger partial charge in [-0.25, -0.2) is 0 Å². The van der Waals surface area contributed by atoms with E-state index in [-0.39, 0.29) is 0 Å². The smallest absolute Gasteiger partial charge is 0.0627 e. The zero-order valence-electron chi connectivity index (χ0n) is 12.0. The van der Waals surface area contributed by atoms with Gasteiger partial charge in [0.15, 0.2) is 0 Å².